The second-order valence-corrected chi connectivity index (χ2v) is 5.57. The van der Waals surface area contributed by atoms with E-state index in [9.17, 15) is 4.79 Å². The minimum absolute atomic E-state index is 0.294. The number of rotatable bonds is 5. The zero-order chi connectivity index (χ0) is 12.8. The first-order valence-electron chi connectivity index (χ1n) is 7.44. The maximum atomic E-state index is 11.9. The van der Waals surface area contributed by atoms with E-state index in [1.165, 1.54) is 19.3 Å². The Balaban J connectivity index is 1.80. The van der Waals surface area contributed by atoms with Crippen molar-refractivity contribution in [3.05, 3.63) is 0 Å². The summed E-state index contributed by atoms with van der Waals surface area (Å²) in [7, 11) is 0. The standard InChI is InChI=1S/C14H26N2O2/c17-11-4-3-8-15-9-5-6-13(12-15)16-10-2-1-7-14(16)18/h13,17H,1-12H2. The van der Waals surface area contributed by atoms with Crippen molar-refractivity contribution in [2.75, 3.05) is 32.8 Å². The van der Waals surface area contributed by atoms with E-state index in [0.29, 0.717) is 18.6 Å². The van der Waals surface area contributed by atoms with Crippen LogP contribution in [0, 0.1) is 0 Å². The van der Waals surface area contributed by atoms with Gasteiger partial charge in [0, 0.05) is 32.2 Å². The molecule has 0 bridgehead atoms. The van der Waals surface area contributed by atoms with Crippen LogP contribution in [0.2, 0.25) is 0 Å². The number of aliphatic hydroxyl groups excluding tert-OH is 1. The molecule has 0 aromatic rings. The van der Waals surface area contributed by atoms with Crippen molar-refractivity contribution in [1.29, 1.82) is 0 Å². The van der Waals surface area contributed by atoms with Crippen LogP contribution < -0.4 is 0 Å². The molecular weight excluding hydrogens is 228 g/mol. The molecule has 18 heavy (non-hydrogen) atoms. The van der Waals surface area contributed by atoms with Crippen molar-refractivity contribution in [1.82, 2.24) is 9.80 Å². The zero-order valence-electron chi connectivity index (χ0n) is 11.3. The minimum Gasteiger partial charge on any atom is -0.396 e. The van der Waals surface area contributed by atoms with E-state index in [1.807, 2.05) is 0 Å². The Labute approximate surface area is 110 Å². The van der Waals surface area contributed by atoms with Gasteiger partial charge in [-0.3, -0.25) is 4.79 Å². The first kappa shape index (κ1) is 13.8. The maximum Gasteiger partial charge on any atom is 0.222 e. The molecule has 4 heteroatoms. The molecule has 2 rings (SSSR count). The van der Waals surface area contributed by atoms with Crippen molar-refractivity contribution >= 4 is 5.91 Å². The molecule has 0 aromatic heterocycles. The second kappa shape index (κ2) is 7.10. The highest BCUT2D eigenvalue weighted by atomic mass is 16.2. The molecule has 1 amide bonds. The zero-order valence-corrected chi connectivity index (χ0v) is 11.3. The summed E-state index contributed by atoms with van der Waals surface area (Å²) in [6.07, 6.45) is 7.33. The average Bonchev–Trinajstić information content (AvgIpc) is 2.40. The van der Waals surface area contributed by atoms with Crippen LogP contribution in [0.3, 0.4) is 0 Å². The molecule has 0 saturated carbocycles. The van der Waals surface area contributed by atoms with Gasteiger partial charge in [-0.2, -0.15) is 0 Å². The van der Waals surface area contributed by atoms with E-state index in [0.717, 1.165) is 51.9 Å². The molecule has 0 aromatic carbocycles. The van der Waals surface area contributed by atoms with E-state index in [-0.39, 0.29) is 0 Å². The molecule has 2 aliphatic heterocycles. The Morgan fingerprint density at radius 2 is 2.06 bits per heavy atom. The third-order valence-electron chi connectivity index (χ3n) is 4.16. The van der Waals surface area contributed by atoms with Crippen molar-refractivity contribution in [2.24, 2.45) is 0 Å². The predicted octanol–water partition coefficient (Wildman–Crippen LogP) is 1.24. The number of unbranched alkanes of at least 4 members (excludes halogenated alkanes) is 1. The highest BCUT2D eigenvalue weighted by Crippen LogP contribution is 2.21. The summed E-state index contributed by atoms with van der Waals surface area (Å²) in [4.78, 5) is 16.5. The molecule has 4 nitrogen and oxygen atoms in total. The Kier molecular flexibility index (Phi) is 5.45. The van der Waals surface area contributed by atoms with Crippen LogP contribution in [0.1, 0.15) is 44.9 Å². The molecular formula is C14H26N2O2. The van der Waals surface area contributed by atoms with Gasteiger partial charge < -0.3 is 14.9 Å². The van der Waals surface area contributed by atoms with E-state index in [4.69, 9.17) is 5.11 Å². The van der Waals surface area contributed by atoms with Gasteiger partial charge in [0.2, 0.25) is 5.91 Å². The molecule has 2 aliphatic rings. The van der Waals surface area contributed by atoms with Gasteiger partial charge in [-0.1, -0.05) is 0 Å². The molecule has 1 atom stereocenters. The number of hydrogen-bond acceptors (Lipinski definition) is 3. The lowest BCUT2D eigenvalue weighted by atomic mass is 10.00. The first-order chi connectivity index (χ1) is 8.81. The monoisotopic (exact) mass is 254 g/mol. The van der Waals surface area contributed by atoms with Crippen LogP contribution in [-0.4, -0.2) is 59.6 Å². The highest BCUT2D eigenvalue weighted by Gasteiger charge is 2.29. The van der Waals surface area contributed by atoms with Gasteiger partial charge in [0.1, 0.15) is 0 Å². The minimum atomic E-state index is 0.294. The first-order valence-corrected chi connectivity index (χ1v) is 7.44. The number of nitrogens with zero attached hydrogens (tertiary/aromatic N) is 2. The highest BCUT2D eigenvalue weighted by molar-refractivity contribution is 5.77. The van der Waals surface area contributed by atoms with Gasteiger partial charge >= 0.3 is 0 Å². The molecule has 0 spiro atoms. The molecule has 0 radical (unpaired) electrons. The van der Waals surface area contributed by atoms with Gasteiger partial charge in [0.05, 0.1) is 0 Å². The smallest absolute Gasteiger partial charge is 0.222 e. The molecule has 2 saturated heterocycles. The number of likely N-dealkylation sites (tertiary alicyclic amines) is 2. The lowest BCUT2D eigenvalue weighted by Gasteiger charge is -2.41. The van der Waals surface area contributed by atoms with Crippen LogP contribution in [0.25, 0.3) is 0 Å². The Hall–Kier alpha value is -0.610. The number of carbonyl (C=O) groups is 1. The molecule has 2 fully saturated rings. The summed E-state index contributed by atoms with van der Waals surface area (Å²) in [6.45, 7) is 4.52. The Bertz CT molecular complexity index is 271. The van der Waals surface area contributed by atoms with Crippen LogP contribution in [0.4, 0.5) is 0 Å². The van der Waals surface area contributed by atoms with Crippen LogP contribution in [-0.2, 0) is 4.79 Å². The second-order valence-electron chi connectivity index (χ2n) is 5.57. The van der Waals surface area contributed by atoms with Gasteiger partial charge in [-0.05, 0) is 51.6 Å². The third-order valence-corrected chi connectivity index (χ3v) is 4.16. The fourth-order valence-corrected chi connectivity index (χ4v) is 3.15. The third kappa shape index (κ3) is 3.69. The molecule has 1 unspecified atom stereocenters. The average molecular weight is 254 g/mol. The van der Waals surface area contributed by atoms with Crippen molar-refractivity contribution in [2.45, 2.75) is 51.0 Å². The Morgan fingerprint density at radius 3 is 2.83 bits per heavy atom. The number of carbonyl (C=O) groups excluding carboxylic acids is 1. The summed E-state index contributed by atoms with van der Waals surface area (Å²) < 4.78 is 0. The number of aliphatic hydroxyl groups is 1. The summed E-state index contributed by atoms with van der Waals surface area (Å²) >= 11 is 0. The number of hydrogen-bond donors (Lipinski definition) is 1. The molecule has 1 N–H and O–H groups in total. The predicted molar refractivity (Wildman–Crippen MR) is 71.3 cm³/mol. The maximum absolute atomic E-state index is 11.9. The van der Waals surface area contributed by atoms with E-state index in [1.54, 1.807) is 0 Å². The van der Waals surface area contributed by atoms with Gasteiger partial charge in [0.15, 0.2) is 0 Å². The van der Waals surface area contributed by atoms with Crippen molar-refractivity contribution in [3.8, 4) is 0 Å². The van der Waals surface area contributed by atoms with Crippen molar-refractivity contribution < 1.29 is 9.90 Å². The number of piperidine rings is 2. The van der Waals surface area contributed by atoms with Crippen molar-refractivity contribution in [3.63, 3.8) is 0 Å². The molecule has 2 heterocycles. The topological polar surface area (TPSA) is 43.8 Å². The van der Waals surface area contributed by atoms with Crippen LogP contribution in [0.5, 0.6) is 0 Å². The molecule has 0 aliphatic carbocycles. The fourth-order valence-electron chi connectivity index (χ4n) is 3.15. The molecule has 104 valence electrons. The summed E-state index contributed by atoms with van der Waals surface area (Å²) in [5.74, 6) is 0.364. The van der Waals surface area contributed by atoms with E-state index < -0.39 is 0 Å². The van der Waals surface area contributed by atoms with Gasteiger partial charge in [0.25, 0.3) is 0 Å². The summed E-state index contributed by atoms with van der Waals surface area (Å²) in [5, 5.41) is 8.81. The summed E-state index contributed by atoms with van der Waals surface area (Å²) in [5.41, 5.74) is 0. The number of amides is 1. The van der Waals surface area contributed by atoms with E-state index in [2.05, 4.69) is 9.80 Å². The van der Waals surface area contributed by atoms with Gasteiger partial charge in [-0.15, -0.1) is 0 Å². The lowest BCUT2D eigenvalue weighted by Crippen LogP contribution is -2.51. The normalized spacial score (nSPS) is 26.6. The van der Waals surface area contributed by atoms with Crippen LogP contribution in [0.15, 0.2) is 0 Å². The SMILES string of the molecule is O=C1CCCCN1C1CCCN(CCCCO)C1. The fraction of sp³-hybridized carbons (Fsp3) is 0.929. The van der Waals surface area contributed by atoms with E-state index >= 15 is 0 Å². The lowest BCUT2D eigenvalue weighted by molar-refractivity contribution is -0.137. The quantitative estimate of drug-likeness (QED) is 0.751. The largest absolute Gasteiger partial charge is 0.396 e. The van der Waals surface area contributed by atoms with Gasteiger partial charge in [-0.25, -0.2) is 0 Å². The Morgan fingerprint density at radius 1 is 1.17 bits per heavy atom. The summed E-state index contributed by atoms with van der Waals surface area (Å²) in [6, 6.07) is 0.445. The van der Waals surface area contributed by atoms with Crippen LogP contribution >= 0.6 is 0 Å².